The Morgan fingerprint density at radius 3 is 2.67 bits per heavy atom. The Morgan fingerprint density at radius 2 is 1.95 bits per heavy atom. The second-order valence-corrected chi connectivity index (χ2v) is 6.75. The van der Waals surface area contributed by atoms with Crippen molar-refractivity contribution >= 4 is 5.91 Å². The van der Waals surface area contributed by atoms with Gasteiger partial charge in [-0.05, 0) is 32.6 Å². The highest BCUT2D eigenvalue weighted by Gasteiger charge is 2.40. The number of carbonyl (C=O) groups is 1. The van der Waals surface area contributed by atoms with E-state index in [1.54, 1.807) is 0 Å². The van der Waals surface area contributed by atoms with E-state index in [-0.39, 0.29) is 17.6 Å². The Morgan fingerprint density at radius 1 is 1.24 bits per heavy atom. The summed E-state index contributed by atoms with van der Waals surface area (Å²) < 4.78 is 11.4. The molecule has 2 unspecified atom stereocenters. The van der Waals surface area contributed by atoms with E-state index in [0.717, 1.165) is 32.5 Å². The van der Waals surface area contributed by atoms with E-state index in [1.807, 2.05) is 11.8 Å². The second-order valence-electron chi connectivity index (χ2n) is 6.75. The summed E-state index contributed by atoms with van der Waals surface area (Å²) in [7, 11) is 0. The molecule has 2 atom stereocenters. The van der Waals surface area contributed by atoms with E-state index in [0.29, 0.717) is 19.3 Å². The molecule has 2 heterocycles. The van der Waals surface area contributed by atoms with E-state index in [1.165, 1.54) is 25.7 Å². The van der Waals surface area contributed by atoms with E-state index in [4.69, 9.17) is 9.47 Å². The lowest BCUT2D eigenvalue weighted by molar-refractivity contribution is -0.138. The number of morpholine rings is 1. The summed E-state index contributed by atoms with van der Waals surface area (Å²) in [5.41, 5.74) is 0.109. The fourth-order valence-corrected chi connectivity index (χ4v) is 4.02. The Kier molecular flexibility index (Phi) is 4.82. The minimum Gasteiger partial charge on any atom is -0.378 e. The number of nitrogens with zero attached hydrogens (tertiary/aromatic N) is 1. The average molecular weight is 296 g/mol. The van der Waals surface area contributed by atoms with Gasteiger partial charge >= 0.3 is 0 Å². The van der Waals surface area contributed by atoms with Crippen LogP contribution in [0.25, 0.3) is 0 Å². The fraction of sp³-hybridized carbons (Fsp3) is 0.938. The number of amides is 1. The van der Waals surface area contributed by atoms with E-state index < -0.39 is 0 Å². The fourth-order valence-electron chi connectivity index (χ4n) is 4.02. The van der Waals surface area contributed by atoms with Crippen LogP contribution in [0.2, 0.25) is 0 Å². The van der Waals surface area contributed by atoms with Crippen molar-refractivity contribution in [1.29, 1.82) is 0 Å². The van der Waals surface area contributed by atoms with Gasteiger partial charge in [-0.1, -0.05) is 12.8 Å². The number of carbonyl (C=O) groups excluding carboxylic acids is 1. The Bertz CT molecular complexity index is 363. The van der Waals surface area contributed by atoms with Crippen LogP contribution in [0.15, 0.2) is 0 Å². The lowest BCUT2D eigenvalue weighted by atomic mass is 9.88. The van der Waals surface area contributed by atoms with Gasteiger partial charge in [0, 0.05) is 25.7 Å². The molecule has 5 heteroatoms. The lowest BCUT2D eigenvalue weighted by Gasteiger charge is -2.40. The molecule has 0 aromatic heterocycles. The molecule has 2 aliphatic heterocycles. The maximum Gasteiger partial charge on any atom is 0.239 e. The molecule has 3 aliphatic rings. The zero-order valence-electron chi connectivity index (χ0n) is 13.1. The molecular formula is C16H28N2O3. The van der Waals surface area contributed by atoms with E-state index in [2.05, 4.69) is 5.32 Å². The average Bonchev–Trinajstić information content (AvgIpc) is 2.95. The van der Waals surface area contributed by atoms with E-state index in [9.17, 15) is 4.79 Å². The number of nitrogens with one attached hydrogen (secondary N) is 1. The second kappa shape index (κ2) is 6.63. The topological polar surface area (TPSA) is 50.8 Å². The molecule has 0 bridgehead atoms. The van der Waals surface area contributed by atoms with Gasteiger partial charge in [-0.3, -0.25) is 4.79 Å². The summed E-state index contributed by atoms with van der Waals surface area (Å²) in [6, 6.07) is 0.307. The summed E-state index contributed by atoms with van der Waals surface area (Å²) in [5.74, 6) is 0.213. The van der Waals surface area contributed by atoms with Crippen LogP contribution >= 0.6 is 0 Å². The first-order valence-corrected chi connectivity index (χ1v) is 8.45. The highest BCUT2D eigenvalue weighted by molar-refractivity contribution is 5.81. The number of hydrogen-bond acceptors (Lipinski definition) is 4. The Balaban J connectivity index is 1.51. The van der Waals surface area contributed by atoms with Gasteiger partial charge < -0.3 is 19.7 Å². The van der Waals surface area contributed by atoms with Crippen LogP contribution in [0.4, 0.5) is 0 Å². The van der Waals surface area contributed by atoms with Gasteiger partial charge in [0.1, 0.15) is 0 Å². The van der Waals surface area contributed by atoms with Crippen LogP contribution in [-0.2, 0) is 14.3 Å². The molecule has 1 amide bonds. The van der Waals surface area contributed by atoms with Gasteiger partial charge in [0.15, 0.2) is 0 Å². The first kappa shape index (κ1) is 15.3. The first-order chi connectivity index (χ1) is 10.2. The monoisotopic (exact) mass is 296 g/mol. The predicted molar refractivity (Wildman–Crippen MR) is 80.2 cm³/mol. The van der Waals surface area contributed by atoms with Crippen molar-refractivity contribution < 1.29 is 14.3 Å². The molecule has 5 nitrogen and oxygen atoms in total. The van der Waals surface area contributed by atoms with Crippen molar-refractivity contribution in [3.8, 4) is 0 Å². The molecule has 0 radical (unpaired) electrons. The van der Waals surface area contributed by atoms with Gasteiger partial charge in [0.2, 0.25) is 5.91 Å². The van der Waals surface area contributed by atoms with E-state index >= 15 is 0 Å². The SMILES string of the molecule is CC(NC1CCOC2(CCCC2)C1)C(=O)N1CCOCC1. The smallest absolute Gasteiger partial charge is 0.239 e. The van der Waals surface area contributed by atoms with Crippen LogP contribution in [-0.4, -0.2) is 61.4 Å². The third-order valence-corrected chi connectivity index (χ3v) is 5.19. The molecule has 1 spiro atoms. The van der Waals surface area contributed by atoms with Gasteiger partial charge in [0.25, 0.3) is 0 Å². The number of ether oxygens (including phenoxy) is 2. The largest absolute Gasteiger partial charge is 0.378 e. The van der Waals surface area contributed by atoms with Crippen molar-refractivity contribution in [2.24, 2.45) is 0 Å². The molecule has 1 aliphatic carbocycles. The highest BCUT2D eigenvalue weighted by Crippen LogP contribution is 2.40. The van der Waals surface area contributed by atoms with Crippen molar-refractivity contribution in [1.82, 2.24) is 10.2 Å². The lowest BCUT2D eigenvalue weighted by Crippen LogP contribution is -2.54. The summed E-state index contributed by atoms with van der Waals surface area (Å²) in [4.78, 5) is 14.4. The molecule has 21 heavy (non-hydrogen) atoms. The molecule has 120 valence electrons. The van der Waals surface area contributed by atoms with Gasteiger partial charge in [-0.15, -0.1) is 0 Å². The summed E-state index contributed by atoms with van der Waals surface area (Å²) in [5, 5.41) is 3.56. The third kappa shape index (κ3) is 3.58. The zero-order valence-corrected chi connectivity index (χ0v) is 13.1. The van der Waals surface area contributed by atoms with Crippen LogP contribution < -0.4 is 5.32 Å². The van der Waals surface area contributed by atoms with Gasteiger partial charge in [-0.25, -0.2) is 0 Å². The highest BCUT2D eigenvalue weighted by atomic mass is 16.5. The van der Waals surface area contributed by atoms with Crippen LogP contribution in [0.5, 0.6) is 0 Å². The maximum absolute atomic E-state index is 12.5. The minimum atomic E-state index is -0.107. The standard InChI is InChI=1S/C16H28N2O3/c1-13(15(19)18-7-10-20-11-8-18)17-14-4-9-21-16(12-14)5-2-3-6-16/h13-14,17H,2-12H2,1H3. The Labute approximate surface area is 127 Å². The van der Waals surface area contributed by atoms with Crippen LogP contribution in [0.1, 0.15) is 45.4 Å². The first-order valence-electron chi connectivity index (χ1n) is 8.45. The van der Waals surface area contributed by atoms with Crippen molar-refractivity contribution in [3.05, 3.63) is 0 Å². The molecular weight excluding hydrogens is 268 g/mol. The Hall–Kier alpha value is -0.650. The van der Waals surface area contributed by atoms with Crippen molar-refractivity contribution in [2.75, 3.05) is 32.9 Å². The van der Waals surface area contributed by atoms with Gasteiger partial charge in [-0.2, -0.15) is 0 Å². The summed E-state index contributed by atoms with van der Waals surface area (Å²) >= 11 is 0. The molecule has 0 aromatic rings. The molecule has 2 saturated heterocycles. The van der Waals surface area contributed by atoms with Crippen LogP contribution in [0.3, 0.4) is 0 Å². The zero-order chi connectivity index (χ0) is 14.7. The third-order valence-electron chi connectivity index (χ3n) is 5.19. The van der Waals surface area contributed by atoms with Crippen molar-refractivity contribution in [2.45, 2.75) is 63.1 Å². The molecule has 3 rings (SSSR count). The predicted octanol–water partition coefficient (Wildman–Crippen LogP) is 1.32. The minimum absolute atomic E-state index is 0.107. The number of hydrogen-bond donors (Lipinski definition) is 1. The normalized spacial score (nSPS) is 30.5. The molecule has 0 aromatic carbocycles. The molecule has 1 N–H and O–H groups in total. The number of rotatable bonds is 3. The molecule has 1 saturated carbocycles. The van der Waals surface area contributed by atoms with Crippen molar-refractivity contribution in [3.63, 3.8) is 0 Å². The summed E-state index contributed by atoms with van der Waals surface area (Å²) in [6.45, 7) is 5.60. The quantitative estimate of drug-likeness (QED) is 0.853. The maximum atomic E-state index is 12.5. The summed E-state index contributed by atoms with van der Waals surface area (Å²) in [6.07, 6.45) is 7.04. The van der Waals surface area contributed by atoms with Crippen LogP contribution in [0, 0.1) is 0 Å². The molecule has 3 fully saturated rings. The van der Waals surface area contributed by atoms with Gasteiger partial charge in [0.05, 0.1) is 24.9 Å².